The van der Waals surface area contributed by atoms with Crippen LogP contribution in [0.25, 0.3) is 11.2 Å². The van der Waals surface area contributed by atoms with Crippen LogP contribution in [0.15, 0.2) is 52.2 Å². The van der Waals surface area contributed by atoms with E-state index in [1.807, 2.05) is 6.92 Å². The number of benzene rings is 1. The van der Waals surface area contributed by atoms with E-state index in [0.29, 0.717) is 34.1 Å². The summed E-state index contributed by atoms with van der Waals surface area (Å²) in [6.07, 6.45) is 2.25. The zero-order chi connectivity index (χ0) is 17.8. The third-order valence-corrected chi connectivity index (χ3v) is 4.80. The van der Waals surface area contributed by atoms with Gasteiger partial charge in [0.15, 0.2) is 17.0 Å². The number of pyridine rings is 1. The number of nitrogens with one attached hydrogen (secondary N) is 1. The number of rotatable bonds is 6. The number of carbonyl (C=O) groups is 2. The van der Waals surface area contributed by atoms with Crippen molar-refractivity contribution in [2.75, 3.05) is 5.32 Å². The zero-order valence-corrected chi connectivity index (χ0v) is 14.7. The number of thioether (sulfide) groups is 1. The standard InChI is InChI=1S/C18H17N3O3S/c1-3-15(25-18-21-16-14(24-18)8-5-9-19-16)17(23)20-13-7-4-6-12(10-13)11(2)22/h4-10,15H,3H2,1-2H3,(H,20,23)/t15-/m0/s1. The number of carbonyl (C=O) groups excluding carboxylic acids is 2. The minimum atomic E-state index is -0.367. The van der Waals surface area contributed by atoms with Crippen LogP contribution in [0.3, 0.4) is 0 Å². The minimum absolute atomic E-state index is 0.0449. The van der Waals surface area contributed by atoms with Gasteiger partial charge in [0.05, 0.1) is 5.25 Å². The lowest BCUT2D eigenvalue weighted by molar-refractivity contribution is -0.115. The molecule has 0 radical (unpaired) electrons. The van der Waals surface area contributed by atoms with E-state index in [9.17, 15) is 9.59 Å². The van der Waals surface area contributed by atoms with Crippen LogP contribution in [-0.4, -0.2) is 26.9 Å². The van der Waals surface area contributed by atoms with Gasteiger partial charge in [-0.2, -0.15) is 4.98 Å². The Labute approximate surface area is 149 Å². The van der Waals surface area contributed by atoms with Gasteiger partial charge < -0.3 is 9.73 Å². The molecule has 0 saturated carbocycles. The summed E-state index contributed by atoms with van der Waals surface area (Å²) < 4.78 is 5.62. The number of anilines is 1. The second kappa shape index (κ2) is 7.48. The van der Waals surface area contributed by atoms with Crippen molar-refractivity contribution in [1.29, 1.82) is 0 Å². The fraction of sp³-hybridized carbons (Fsp3) is 0.222. The quantitative estimate of drug-likeness (QED) is 0.532. The molecule has 0 aliphatic carbocycles. The molecule has 1 N–H and O–H groups in total. The van der Waals surface area contributed by atoms with Gasteiger partial charge >= 0.3 is 0 Å². The summed E-state index contributed by atoms with van der Waals surface area (Å²) in [5, 5.41) is 2.89. The van der Waals surface area contributed by atoms with Crippen molar-refractivity contribution in [3.63, 3.8) is 0 Å². The largest absolute Gasteiger partial charge is 0.430 e. The Morgan fingerprint density at radius 2 is 2.12 bits per heavy atom. The molecule has 6 nitrogen and oxygen atoms in total. The van der Waals surface area contributed by atoms with E-state index in [0.717, 1.165) is 0 Å². The Bertz CT molecular complexity index is 890. The first-order valence-electron chi connectivity index (χ1n) is 7.87. The number of fused-ring (bicyclic) bond motifs is 1. The Morgan fingerprint density at radius 3 is 2.84 bits per heavy atom. The van der Waals surface area contributed by atoms with Crippen molar-refractivity contribution in [1.82, 2.24) is 9.97 Å². The molecule has 0 aliphatic rings. The van der Waals surface area contributed by atoms with Gasteiger partial charge in [0.25, 0.3) is 5.22 Å². The molecule has 1 atom stereocenters. The third kappa shape index (κ3) is 4.06. The van der Waals surface area contributed by atoms with Gasteiger partial charge in [-0.1, -0.05) is 30.8 Å². The maximum absolute atomic E-state index is 12.5. The molecular formula is C18H17N3O3S. The summed E-state index contributed by atoms with van der Waals surface area (Å²) in [6.45, 7) is 3.41. The van der Waals surface area contributed by atoms with E-state index in [1.165, 1.54) is 18.7 Å². The normalized spacial score (nSPS) is 12.1. The molecule has 128 valence electrons. The number of Topliss-reactive ketones (excluding diaryl/α,β-unsaturated/α-hetero) is 1. The van der Waals surface area contributed by atoms with Gasteiger partial charge in [-0.05, 0) is 37.6 Å². The molecule has 0 aliphatic heterocycles. The predicted octanol–water partition coefficient (Wildman–Crippen LogP) is 3.93. The van der Waals surface area contributed by atoms with Crippen molar-refractivity contribution in [3.8, 4) is 0 Å². The lowest BCUT2D eigenvalue weighted by atomic mass is 10.1. The highest BCUT2D eigenvalue weighted by atomic mass is 32.2. The van der Waals surface area contributed by atoms with Gasteiger partial charge in [0.2, 0.25) is 5.91 Å². The second-order valence-electron chi connectivity index (χ2n) is 5.45. The van der Waals surface area contributed by atoms with Gasteiger partial charge in [-0.3, -0.25) is 9.59 Å². The first-order chi connectivity index (χ1) is 12.1. The lowest BCUT2D eigenvalue weighted by Crippen LogP contribution is -2.24. The Kier molecular flexibility index (Phi) is 5.14. The van der Waals surface area contributed by atoms with Crippen molar-refractivity contribution in [2.45, 2.75) is 30.7 Å². The monoisotopic (exact) mass is 355 g/mol. The fourth-order valence-electron chi connectivity index (χ4n) is 2.28. The third-order valence-electron chi connectivity index (χ3n) is 3.59. The molecule has 3 rings (SSSR count). The predicted molar refractivity (Wildman–Crippen MR) is 96.8 cm³/mol. The number of nitrogens with zero attached hydrogens (tertiary/aromatic N) is 2. The van der Waals surface area contributed by atoms with Crippen LogP contribution in [0.1, 0.15) is 30.6 Å². The van der Waals surface area contributed by atoms with Gasteiger partial charge in [0.1, 0.15) is 0 Å². The van der Waals surface area contributed by atoms with E-state index in [4.69, 9.17) is 4.42 Å². The summed E-state index contributed by atoms with van der Waals surface area (Å²) in [5.41, 5.74) is 2.27. The van der Waals surface area contributed by atoms with Crippen LogP contribution in [0, 0.1) is 0 Å². The highest BCUT2D eigenvalue weighted by Crippen LogP contribution is 2.28. The number of ketones is 1. The summed E-state index contributed by atoms with van der Waals surface area (Å²) in [4.78, 5) is 32.4. The highest BCUT2D eigenvalue weighted by Gasteiger charge is 2.21. The van der Waals surface area contributed by atoms with Crippen molar-refractivity contribution in [2.24, 2.45) is 0 Å². The molecule has 0 spiro atoms. The Balaban J connectivity index is 1.72. The molecule has 3 aromatic rings. The minimum Gasteiger partial charge on any atom is -0.430 e. The highest BCUT2D eigenvalue weighted by molar-refractivity contribution is 8.00. The summed E-state index contributed by atoms with van der Waals surface area (Å²) in [7, 11) is 0. The van der Waals surface area contributed by atoms with Gasteiger partial charge in [-0.15, -0.1) is 0 Å². The van der Waals surface area contributed by atoms with Crippen LogP contribution in [0.4, 0.5) is 5.69 Å². The molecule has 0 unspecified atom stereocenters. The first-order valence-corrected chi connectivity index (χ1v) is 8.75. The summed E-state index contributed by atoms with van der Waals surface area (Å²) in [5.74, 6) is -0.208. The molecule has 2 aromatic heterocycles. The second-order valence-corrected chi connectivity index (χ2v) is 6.60. The average Bonchev–Trinajstić information content (AvgIpc) is 3.02. The fourth-order valence-corrected chi connectivity index (χ4v) is 3.14. The van der Waals surface area contributed by atoms with Crippen LogP contribution in [0.2, 0.25) is 0 Å². The smallest absolute Gasteiger partial charge is 0.259 e. The van der Waals surface area contributed by atoms with Gasteiger partial charge in [0, 0.05) is 17.4 Å². The van der Waals surface area contributed by atoms with E-state index < -0.39 is 0 Å². The SMILES string of the molecule is CC[C@H](Sc1nc2ncccc2o1)C(=O)Nc1cccc(C(C)=O)c1. The van der Waals surface area contributed by atoms with Crippen molar-refractivity contribution in [3.05, 3.63) is 48.2 Å². The molecule has 0 saturated heterocycles. The van der Waals surface area contributed by atoms with Crippen molar-refractivity contribution >= 4 is 40.4 Å². The zero-order valence-electron chi connectivity index (χ0n) is 13.9. The summed E-state index contributed by atoms with van der Waals surface area (Å²) >= 11 is 1.26. The Morgan fingerprint density at radius 1 is 1.28 bits per heavy atom. The maximum Gasteiger partial charge on any atom is 0.259 e. The molecule has 0 fully saturated rings. The number of oxazole rings is 1. The van der Waals surface area contributed by atoms with E-state index >= 15 is 0 Å². The molecule has 0 bridgehead atoms. The van der Waals surface area contributed by atoms with Gasteiger partial charge in [-0.25, -0.2) is 4.98 Å². The van der Waals surface area contributed by atoms with E-state index in [-0.39, 0.29) is 16.9 Å². The molecule has 2 heterocycles. The van der Waals surface area contributed by atoms with Crippen molar-refractivity contribution < 1.29 is 14.0 Å². The summed E-state index contributed by atoms with van der Waals surface area (Å²) in [6, 6.07) is 10.4. The Hall–Kier alpha value is -2.67. The van der Waals surface area contributed by atoms with Crippen LogP contribution in [-0.2, 0) is 4.79 Å². The number of hydrogen-bond acceptors (Lipinski definition) is 6. The topological polar surface area (TPSA) is 85.1 Å². The molecule has 1 aromatic carbocycles. The molecular weight excluding hydrogens is 338 g/mol. The lowest BCUT2D eigenvalue weighted by Gasteiger charge is -2.13. The van der Waals surface area contributed by atoms with Crippen LogP contribution in [0.5, 0.6) is 0 Å². The molecule has 7 heteroatoms. The van der Waals surface area contributed by atoms with E-state index in [2.05, 4.69) is 15.3 Å². The molecule has 25 heavy (non-hydrogen) atoms. The van der Waals surface area contributed by atoms with E-state index in [1.54, 1.807) is 42.6 Å². The van der Waals surface area contributed by atoms with Crippen LogP contribution < -0.4 is 5.32 Å². The number of aromatic nitrogens is 2. The maximum atomic E-state index is 12.5. The number of hydrogen-bond donors (Lipinski definition) is 1. The first kappa shape index (κ1) is 17.2. The van der Waals surface area contributed by atoms with Crippen LogP contribution >= 0.6 is 11.8 Å². The number of amides is 1. The average molecular weight is 355 g/mol. The molecule has 1 amide bonds.